The first-order chi connectivity index (χ1) is 14.6. The molecule has 4 aromatic rings. The van der Waals surface area contributed by atoms with Crippen LogP contribution in [0.3, 0.4) is 0 Å². The summed E-state index contributed by atoms with van der Waals surface area (Å²) in [5.41, 5.74) is 1.64. The van der Waals surface area contributed by atoms with E-state index in [1.54, 1.807) is 79.9 Å². The normalized spacial score (nSPS) is 10.4. The molecule has 0 spiro atoms. The molecule has 0 bridgehead atoms. The molecule has 1 amide bonds. The van der Waals surface area contributed by atoms with Crippen LogP contribution in [-0.4, -0.2) is 17.6 Å². The number of aromatic nitrogens is 1. The van der Waals surface area contributed by atoms with Gasteiger partial charge in [0.05, 0.1) is 30.0 Å². The number of amides is 1. The Bertz CT molecular complexity index is 1370. The van der Waals surface area contributed by atoms with E-state index in [2.05, 4.69) is 11.4 Å². The molecule has 1 aromatic heterocycles. The molecule has 1 heterocycles. The number of pyridine rings is 1. The third-order valence-corrected chi connectivity index (χ3v) is 4.75. The van der Waals surface area contributed by atoms with Gasteiger partial charge in [0.1, 0.15) is 5.75 Å². The minimum absolute atomic E-state index is 0.234. The molecule has 0 fully saturated rings. The molecular formula is C24H17N3O3. The number of hydrogen-bond acceptors (Lipinski definition) is 4. The SMILES string of the molecule is COc1cccc(-n2cc(C(=O)Nc3cccc(C#N)c3)c3ccccc3c2=O)c1. The van der Waals surface area contributed by atoms with Crippen LogP contribution in [0.4, 0.5) is 5.69 Å². The molecular weight excluding hydrogens is 378 g/mol. The summed E-state index contributed by atoms with van der Waals surface area (Å²) in [4.78, 5) is 26.2. The van der Waals surface area contributed by atoms with Crippen molar-refractivity contribution >= 4 is 22.4 Å². The lowest BCUT2D eigenvalue weighted by atomic mass is 10.1. The average Bonchev–Trinajstić information content (AvgIpc) is 2.79. The second-order valence-corrected chi connectivity index (χ2v) is 6.61. The molecule has 4 rings (SSSR count). The zero-order valence-corrected chi connectivity index (χ0v) is 16.1. The Morgan fingerprint density at radius 1 is 1.00 bits per heavy atom. The van der Waals surface area contributed by atoms with E-state index >= 15 is 0 Å². The Morgan fingerprint density at radius 3 is 2.53 bits per heavy atom. The van der Waals surface area contributed by atoms with Gasteiger partial charge in [-0.05, 0) is 36.4 Å². The van der Waals surface area contributed by atoms with Gasteiger partial charge in [-0.3, -0.25) is 14.2 Å². The number of fused-ring (bicyclic) bond motifs is 1. The van der Waals surface area contributed by atoms with Crippen molar-refractivity contribution in [2.45, 2.75) is 0 Å². The predicted octanol–water partition coefficient (Wildman–Crippen LogP) is 4.12. The largest absolute Gasteiger partial charge is 0.497 e. The Morgan fingerprint density at radius 2 is 1.77 bits per heavy atom. The number of benzene rings is 3. The van der Waals surface area contributed by atoms with Crippen LogP contribution in [0.1, 0.15) is 15.9 Å². The van der Waals surface area contributed by atoms with Crippen LogP contribution in [-0.2, 0) is 0 Å². The van der Waals surface area contributed by atoms with Crippen molar-refractivity contribution in [2.24, 2.45) is 0 Å². The van der Waals surface area contributed by atoms with E-state index < -0.39 is 0 Å². The second kappa shape index (κ2) is 7.94. The highest BCUT2D eigenvalue weighted by Gasteiger charge is 2.16. The fourth-order valence-corrected chi connectivity index (χ4v) is 3.29. The highest BCUT2D eigenvalue weighted by Crippen LogP contribution is 2.21. The average molecular weight is 395 g/mol. The number of nitrogens with zero attached hydrogens (tertiary/aromatic N) is 2. The minimum atomic E-state index is -0.377. The molecule has 0 saturated carbocycles. The lowest BCUT2D eigenvalue weighted by molar-refractivity contribution is 0.102. The van der Waals surface area contributed by atoms with Crippen LogP contribution in [0.25, 0.3) is 16.5 Å². The molecule has 0 saturated heterocycles. The van der Waals surface area contributed by atoms with E-state index in [0.29, 0.717) is 39.0 Å². The molecule has 30 heavy (non-hydrogen) atoms. The van der Waals surface area contributed by atoms with E-state index in [4.69, 9.17) is 10.00 Å². The number of nitriles is 1. The van der Waals surface area contributed by atoms with Gasteiger partial charge >= 0.3 is 0 Å². The van der Waals surface area contributed by atoms with Crippen molar-refractivity contribution in [1.82, 2.24) is 4.57 Å². The summed E-state index contributed by atoms with van der Waals surface area (Å²) in [6, 6.07) is 22.8. The summed E-state index contributed by atoms with van der Waals surface area (Å²) in [6.07, 6.45) is 1.53. The third-order valence-electron chi connectivity index (χ3n) is 4.75. The summed E-state index contributed by atoms with van der Waals surface area (Å²) >= 11 is 0. The maximum Gasteiger partial charge on any atom is 0.262 e. The second-order valence-electron chi connectivity index (χ2n) is 6.61. The predicted molar refractivity (Wildman–Crippen MR) is 115 cm³/mol. The first-order valence-electron chi connectivity index (χ1n) is 9.21. The van der Waals surface area contributed by atoms with Crippen LogP contribution in [0.2, 0.25) is 0 Å². The Balaban J connectivity index is 1.86. The van der Waals surface area contributed by atoms with Gasteiger partial charge in [-0.2, -0.15) is 5.26 Å². The van der Waals surface area contributed by atoms with Gasteiger partial charge in [0, 0.05) is 28.7 Å². The number of hydrogen-bond donors (Lipinski definition) is 1. The lowest BCUT2D eigenvalue weighted by Crippen LogP contribution is -2.22. The van der Waals surface area contributed by atoms with Crippen LogP contribution in [0.5, 0.6) is 5.75 Å². The summed E-state index contributed by atoms with van der Waals surface area (Å²) < 4.78 is 6.70. The molecule has 0 atom stereocenters. The van der Waals surface area contributed by atoms with Crippen LogP contribution in [0, 0.1) is 11.3 Å². The van der Waals surface area contributed by atoms with E-state index in [1.807, 2.05) is 0 Å². The fraction of sp³-hybridized carbons (Fsp3) is 0.0417. The minimum Gasteiger partial charge on any atom is -0.497 e. The number of anilines is 1. The number of rotatable bonds is 4. The number of carbonyl (C=O) groups excluding carboxylic acids is 1. The zero-order chi connectivity index (χ0) is 21.1. The monoisotopic (exact) mass is 395 g/mol. The van der Waals surface area contributed by atoms with Crippen molar-refractivity contribution < 1.29 is 9.53 Å². The van der Waals surface area contributed by atoms with E-state index in [1.165, 1.54) is 10.8 Å². The maximum absolute atomic E-state index is 13.1. The quantitative estimate of drug-likeness (QED) is 0.563. The summed E-state index contributed by atoms with van der Waals surface area (Å²) in [5, 5.41) is 12.9. The first kappa shape index (κ1) is 19.0. The maximum atomic E-state index is 13.1. The molecule has 1 N–H and O–H groups in total. The smallest absolute Gasteiger partial charge is 0.262 e. The molecule has 0 aliphatic carbocycles. The van der Waals surface area contributed by atoms with Gasteiger partial charge in [0.2, 0.25) is 0 Å². The summed E-state index contributed by atoms with van der Waals surface area (Å²) in [7, 11) is 1.55. The Kier molecular flexibility index (Phi) is 5.02. The molecule has 146 valence electrons. The number of carbonyl (C=O) groups is 1. The van der Waals surface area contributed by atoms with Crippen molar-refractivity contribution in [3.8, 4) is 17.5 Å². The fourth-order valence-electron chi connectivity index (χ4n) is 3.29. The van der Waals surface area contributed by atoms with Crippen LogP contribution in [0.15, 0.2) is 83.8 Å². The van der Waals surface area contributed by atoms with Gasteiger partial charge in [0.25, 0.3) is 11.5 Å². The van der Waals surface area contributed by atoms with Crippen LogP contribution >= 0.6 is 0 Å². The van der Waals surface area contributed by atoms with Gasteiger partial charge in [0.15, 0.2) is 0 Å². The lowest BCUT2D eigenvalue weighted by Gasteiger charge is -2.13. The van der Waals surface area contributed by atoms with Crippen molar-refractivity contribution in [2.75, 3.05) is 12.4 Å². The topological polar surface area (TPSA) is 84.1 Å². The zero-order valence-electron chi connectivity index (χ0n) is 16.1. The van der Waals surface area contributed by atoms with E-state index in [0.717, 1.165) is 0 Å². The Hall–Kier alpha value is -4.37. The summed E-state index contributed by atoms with van der Waals surface area (Å²) in [6.45, 7) is 0. The van der Waals surface area contributed by atoms with E-state index in [-0.39, 0.29) is 11.5 Å². The standard InChI is InChI=1S/C24H17N3O3/c1-30-19-9-5-8-18(13-19)27-15-22(20-10-2-3-11-21(20)24(27)29)23(28)26-17-7-4-6-16(12-17)14-25/h2-13,15H,1H3,(H,26,28). The highest BCUT2D eigenvalue weighted by molar-refractivity contribution is 6.12. The highest BCUT2D eigenvalue weighted by atomic mass is 16.5. The molecule has 0 unspecified atom stereocenters. The number of nitrogens with one attached hydrogen (secondary N) is 1. The molecule has 3 aromatic carbocycles. The molecule has 0 radical (unpaired) electrons. The van der Waals surface area contributed by atoms with Gasteiger partial charge in [-0.1, -0.05) is 30.3 Å². The number of methoxy groups -OCH3 is 1. The van der Waals surface area contributed by atoms with Gasteiger partial charge in [-0.25, -0.2) is 0 Å². The third kappa shape index (κ3) is 3.52. The molecule has 0 aliphatic rings. The van der Waals surface area contributed by atoms with Crippen molar-refractivity contribution in [3.63, 3.8) is 0 Å². The van der Waals surface area contributed by atoms with Crippen molar-refractivity contribution in [3.05, 3.63) is 100 Å². The molecule has 6 heteroatoms. The van der Waals surface area contributed by atoms with Crippen molar-refractivity contribution in [1.29, 1.82) is 5.26 Å². The number of ether oxygens (including phenoxy) is 1. The summed E-state index contributed by atoms with van der Waals surface area (Å²) in [5.74, 6) is 0.227. The molecule has 0 aliphatic heterocycles. The van der Waals surface area contributed by atoms with Crippen LogP contribution < -0.4 is 15.6 Å². The first-order valence-corrected chi connectivity index (χ1v) is 9.21. The van der Waals surface area contributed by atoms with Gasteiger partial charge < -0.3 is 10.1 Å². The van der Waals surface area contributed by atoms with Gasteiger partial charge in [-0.15, -0.1) is 0 Å². The van der Waals surface area contributed by atoms with E-state index in [9.17, 15) is 9.59 Å². The Labute approximate surface area is 172 Å². The molecule has 6 nitrogen and oxygen atoms in total.